The van der Waals surface area contributed by atoms with Crippen molar-refractivity contribution in [3.05, 3.63) is 0 Å². The molecular weight excluding hydrogens is 176 g/mol. The molecule has 14 heavy (non-hydrogen) atoms. The van der Waals surface area contributed by atoms with Crippen LogP contribution in [-0.4, -0.2) is 31.8 Å². The van der Waals surface area contributed by atoms with E-state index < -0.39 is 0 Å². The first-order valence-electron chi connectivity index (χ1n) is 5.81. The van der Waals surface area contributed by atoms with E-state index in [0.717, 1.165) is 32.6 Å². The lowest BCUT2D eigenvalue weighted by Gasteiger charge is -2.32. The van der Waals surface area contributed by atoms with Crippen molar-refractivity contribution in [2.24, 2.45) is 11.7 Å². The number of ether oxygens (including phenoxy) is 1. The van der Waals surface area contributed by atoms with Gasteiger partial charge in [-0.15, -0.1) is 0 Å². The highest BCUT2D eigenvalue weighted by atomic mass is 16.5. The van der Waals surface area contributed by atoms with E-state index in [2.05, 4.69) is 19.2 Å². The zero-order valence-corrected chi connectivity index (χ0v) is 9.46. The summed E-state index contributed by atoms with van der Waals surface area (Å²) in [6, 6.07) is 1.06. The molecule has 1 saturated heterocycles. The Morgan fingerprint density at radius 1 is 1.43 bits per heavy atom. The Bertz CT molecular complexity index is 146. The Kier molecular flexibility index (Phi) is 5.45. The first kappa shape index (κ1) is 12.0. The summed E-state index contributed by atoms with van der Waals surface area (Å²) in [7, 11) is 0. The first-order chi connectivity index (χ1) is 6.77. The average molecular weight is 200 g/mol. The van der Waals surface area contributed by atoms with E-state index in [1.165, 1.54) is 6.42 Å². The molecule has 0 spiro atoms. The molecule has 2 unspecified atom stereocenters. The monoisotopic (exact) mass is 200 g/mol. The summed E-state index contributed by atoms with van der Waals surface area (Å²) in [5.74, 6) is 0.711. The maximum absolute atomic E-state index is 5.80. The molecule has 0 saturated carbocycles. The van der Waals surface area contributed by atoms with Crippen LogP contribution in [0.25, 0.3) is 0 Å². The Hall–Kier alpha value is -0.120. The van der Waals surface area contributed by atoms with Crippen LogP contribution in [0.15, 0.2) is 0 Å². The second kappa shape index (κ2) is 6.38. The fraction of sp³-hybridized carbons (Fsp3) is 1.00. The molecule has 3 heteroatoms. The molecular formula is C11H24N2O. The minimum atomic E-state index is 0.480. The lowest BCUT2D eigenvalue weighted by atomic mass is 9.91. The van der Waals surface area contributed by atoms with Crippen molar-refractivity contribution in [1.29, 1.82) is 0 Å². The summed E-state index contributed by atoms with van der Waals surface area (Å²) in [4.78, 5) is 0. The van der Waals surface area contributed by atoms with Crippen LogP contribution in [0.5, 0.6) is 0 Å². The van der Waals surface area contributed by atoms with Crippen molar-refractivity contribution in [1.82, 2.24) is 5.32 Å². The molecule has 1 rings (SSSR count). The van der Waals surface area contributed by atoms with Gasteiger partial charge in [-0.05, 0) is 32.1 Å². The topological polar surface area (TPSA) is 47.3 Å². The molecule has 0 aromatic carbocycles. The highest BCUT2D eigenvalue weighted by Gasteiger charge is 2.23. The van der Waals surface area contributed by atoms with Gasteiger partial charge >= 0.3 is 0 Å². The van der Waals surface area contributed by atoms with Crippen LogP contribution in [0.3, 0.4) is 0 Å². The van der Waals surface area contributed by atoms with Gasteiger partial charge < -0.3 is 15.8 Å². The summed E-state index contributed by atoms with van der Waals surface area (Å²) in [5.41, 5.74) is 5.80. The third-order valence-electron chi connectivity index (χ3n) is 3.20. The molecule has 1 heterocycles. The van der Waals surface area contributed by atoms with E-state index in [-0.39, 0.29) is 0 Å². The van der Waals surface area contributed by atoms with Crippen molar-refractivity contribution >= 4 is 0 Å². The summed E-state index contributed by atoms with van der Waals surface area (Å²) >= 11 is 0. The van der Waals surface area contributed by atoms with E-state index in [1.54, 1.807) is 0 Å². The van der Waals surface area contributed by atoms with Crippen LogP contribution < -0.4 is 11.1 Å². The van der Waals surface area contributed by atoms with Crippen LogP contribution in [0.4, 0.5) is 0 Å². The Morgan fingerprint density at radius 3 is 2.57 bits per heavy atom. The van der Waals surface area contributed by atoms with E-state index in [4.69, 9.17) is 10.5 Å². The van der Waals surface area contributed by atoms with Crippen LogP contribution in [0.1, 0.15) is 33.1 Å². The normalized spacial score (nSPS) is 23.4. The molecule has 2 atom stereocenters. The second-order valence-electron chi connectivity index (χ2n) is 4.27. The number of nitrogens with two attached hydrogens (primary N) is 1. The lowest BCUT2D eigenvalue weighted by Crippen LogP contribution is -2.47. The lowest BCUT2D eigenvalue weighted by molar-refractivity contribution is 0.0533. The molecule has 84 valence electrons. The Balaban J connectivity index is 2.35. The van der Waals surface area contributed by atoms with E-state index >= 15 is 0 Å². The van der Waals surface area contributed by atoms with Gasteiger partial charge in [0.1, 0.15) is 0 Å². The predicted octanol–water partition coefficient (Wildman–Crippen LogP) is 1.13. The molecule has 0 radical (unpaired) electrons. The largest absolute Gasteiger partial charge is 0.381 e. The first-order valence-corrected chi connectivity index (χ1v) is 5.81. The van der Waals surface area contributed by atoms with Crippen molar-refractivity contribution in [3.63, 3.8) is 0 Å². The van der Waals surface area contributed by atoms with Crippen LogP contribution >= 0.6 is 0 Å². The molecule has 0 bridgehead atoms. The molecule has 0 aromatic heterocycles. The minimum absolute atomic E-state index is 0.480. The SMILES string of the molecule is CCC(C)NC(CN)C1CCOCC1. The molecule has 3 nitrogen and oxygen atoms in total. The number of hydrogen-bond acceptors (Lipinski definition) is 3. The smallest absolute Gasteiger partial charge is 0.0469 e. The standard InChI is InChI=1S/C11H24N2O/c1-3-9(2)13-11(8-12)10-4-6-14-7-5-10/h9-11,13H,3-8,12H2,1-2H3. The molecule has 1 fully saturated rings. The Morgan fingerprint density at radius 2 is 2.07 bits per heavy atom. The summed E-state index contributed by atoms with van der Waals surface area (Å²) in [6.45, 7) is 6.99. The van der Waals surface area contributed by atoms with E-state index in [1.807, 2.05) is 0 Å². The fourth-order valence-electron chi connectivity index (χ4n) is 2.00. The van der Waals surface area contributed by atoms with Crippen molar-refractivity contribution in [2.45, 2.75) is 45.2 Å². The van der Waals surface area contributed by atoms with Crippen LogP contribution in [0.2, 0.25) is 0 Å². The summed E-state index contributed by atoms with van der Waals surface area (Å²) in [5, 5.41) is 3.61. The quantitative estimate of drug-likeness (QED) is 0.699. The molecule has 3 N–H and O–H groups in total. The van der Waals surface area contributed by atoms with Gasteiger partial charge in [-0.1, -0.05) is 6.92 Å². The highest BCUT2D eigenvalue weighted by molar-refractivity contribution is 4.81. The van der Waals surface area contributed by atoms with Crippen molar-refractivity contribution < 1.29 is 4.74 Å². The van der Waals surface area contributed by atoms with Crippen LogP contribution in [-0.2, 0) is 4.74 Å². The van der Waals surface area contributed by atoms with Gasteiger partial charge in [0, 0.05) is 31.8 Å². The van der Waals surface area contributed by atoms with Gasteiger partial charge in [0.2, 0.25) is 0 Å². The van der Waals surface area contributed by atoms with E-state index in [9.17, 15) is 0 Å². The zero-order chi connectivity index (χ0) is 10.4. The summed E-state index contributed by atoms with van der Waals surface area (Å²) in [6.07, 6.45) is 3.48. The van der Waals surface area contributed by atoms with Gasteiger partial charge in [0.15, 0.2) is 0 Å². The van der Waals surface area contributed by atoms with Gasteiger partial charge in [-0.3, -0.25) is 0 Å². The maximum atomic E-state index is 5.80. The maximum Gasteiger partial charge on any atom is 0.0469 e. The van der Waals surface area contributed by atoms with Gasteiger partial charge in [0.25, 0.3) is 0 Å². The predicted molar refractivity (Wildman–Crippen MR) is 59.3 cm³/mol. The molecule has 1 aliphatic rings. The van der Waals surface area contributed by atoms with Crippen LogP contribution in [0, 0.1) is 5.92 Å². The van der Waals surface area contributed by atoms with Gasteiger partial charge in [0.05, 0.1) is 0 Å². The van der Waals surface area contributed by atoms with E-state index in [0.29, 0.717) is 18.0 Å². The molecule has 0 aromatic rings. The van der Waals surface area contributed by atoms with Gasteiger partial charge in [-0.25, -0.2) is 0 Å². The number of nitrogens with one attached hydrogen (secondary N) is 1. The minimum Gasteiger partial charge on any atom is -0.381 e. The van der Waals surface area contributed by atoms with Gasteiger partial charge in [-0.2, -0.15) is 0 Å². The van der Waals surface area contributed by atoms with Crippen molar-refractivity contribution in [2.75, 3.05) is 19.8 Å². The third-order valence-corrected chi connectivity index (χ3v) is 3.20. The fourth-order valence-corrected chi connectivity index (χ4v) is 2.00. The zero-order valence-electron chi connectivity index (χ0n) is 9.46. The number of hydrogen-bond donors (Lipinski definition) is 2. The third kappa shape index (κ3) is 3.56. The summed E-state index contributed by atoms with van der Waals surface area (Å²) < 4.78 is 5.36. The molecule has 0 amide bonds. The number of rotatable bonds is 5. The van der Waals surface area contributed by atoms with Crippen molar-refractivity contribution in [3.8, 4) is 0 Å². The Labute approximate surface area is 87.4 Å². The molecule has 0 aliphatic carbocycles. The highest BCUT2D eigenvalue weighted by Crippen LogP contribution is 2.18. The average Bonchev–Trinajstić information content (AvgIpc) is 2.26. The second-order valence-corrected chi connectivity index (χ2v) is 4.27. The molecule has 1 aliphatic heterocycles.